The Balaban J connectivity index is 1.65. The second kappa shape index (κ2) is 7.38. The number of thioether (sulfide) groups is 1. The van der Waals surface area contributed by atoms with E-state index in [9.17, 15) is 5.11 Å². The van der Waals surface area contributed by atoms with Crippen molar-refractivity contribution in [3.63, 3.8) is 0 Å². The predicted molar refractivity (Wildman–Crippen MR) is 93.9 cm³/mol. The molecule has 118 valence electrons. The number of methoxy groups -OCH3 is 1. The lowest BCUT2D eigenvalue weighted by Gasteiger charge is -2.20. The summed E-state index contributed by atoms with van der Waals surface area (Å²) in [5, 5.41) is 13.6. The highest BCUT2D eigenvalue weighted by molar-refractivity contribution is 7.99. The molecule has 0 radical (unpaired) electrons. The van der Waals surface area contributed by atoms with Crippen molar-refractivity contribution >= 4 is 23.1 Å². The molecule has 2 aromatic rings. The first-order valence-electron chi connectivity index (χ1n) is 7.69. The Morgan fingerprint density at radius 2 is 2.14 bits per heavy atom. The number of aromatic hydroxyl groups is 1. The van der Waals surface area contributed by atoms with Crippen LogP contribution in [0.2, 0.25) is 0 Å². The van der Waals surface area contributed by atoms with Gasteiger partial charge in [-0.1, -0.05) is 19.3 Å². The lowest BCUT2D eigenvalue weighted by Crippen LogP contribution is -2.08. The van der Waals surface area contributed by atoms with Crippen LogP contribution in [0, 0.1) is 0 Å². The summed E-state index contributed by atoms with van der Waals surface area (Å²) in [4.78, 5) is 4.73. The molecule has 0 unspecified atom stereocenters. The van der Waals surface area contributed by atoms with Gasteiger partial charge in [0.05, 0.1) is 12.8 Å². The van der Waals surface area contributed by atoms with E-state index in [0.29, 0.717) is 5.75 Å². The van der Waals surface area contributed by atoms with Crippen LogP contribution in [0.3, 0.4) is 0 Å². The van der Waals surface area contributed by atoms with Gasteiger partial charge in [0.25, 0.3) is 0 Å². The van der Waals surface area contributed by atoms with Gasteiger partial charge in [0.15, 0.2) is 11.5 Å². The summed E-state index contributed by atoms with van der Waals surface area (Å²) in [7, 11) is 1.56. The van der Waals surface area contributed by atoms with Crippen LogP contribution in [0.5, 0.6) is 11.5 Å². The number of aromatic nitrogens is 1. The maximum Gasteiger partial charge on any atom is 0.161 e. The van der Waals surface area contributed by atoms with Gasteiger partial charge >= 0.3 is 0 Å². The highest BCUT2D eigenvalue weighted by Crippen LogP contribution is 2.34. The second-order valence-electron chi connectivity index (χ2n) is 5.60. The van der Waals surface area contributed by atoms with E-state index in [4.69, 9.17) is 9.72 Å². The summed E-state index contributed by atoms with van der Waals surface area (Å²) in [5.41, 5.74) is 2.15. The minimum absolute atomic E-state index is 0.163. The number of hydrogen-bond donors (Lipinski definition) is 1. The standard InChI is InChI=1S/C17H21NO2S2/c1-20-16-9-12(7-8-15(16)19)17-18-13(11-22-17)10-21-14-5-3-2-4-6-14/h7-9,11,14,19H,2-6,10H2,1H3. The molecule has 1 heterocycles. The average Bonchev–Trinajstić information content (AvgIpc) is 3.03. The zero-order valence-electron chi connectivity index (χ0n) is 12.7. The minimum Gasteiger partial charge on any atom is -0.504 e. The zero-order valence-corrected chi connectivity index (χ0v) is 14.4. The molecule has 1 aromatic carbocycles. The highest BCUT2D eigenvalue weighted by atomic mass is 32.2. The van der Waals surface area contributed by atoms with Crippen molar-refractivity contribution in [1.82, 2.24) is 4.98 Å². The first kappa shape index (κ1) is 15.7. The molecular formula is C17H21NO2S2. The molecule has 0 atom stereocenters. The second-order valence-corrected chi connectivity index (χ2v) is 7.75. The van der Waals surface area contributed by atoms with Crippen molar-refractivity contribution in [3.05, 3.63) is 29.3 Å². The quantitative estimate of drug-likeness (QED) is 0.826. The molecule has 1 saturated carbocycles. The molecule has 22 heavy (non-hydrogen) atoms. The van der Waals surface area contributed by atoms with Crippen LogP contribution >= 0.6 is 23.1 Å². The fraction of sp³-hybridized carbons (Fsp3) is 0.471. The Bertz CT molecular complexity index is 621. The number of ether oxygens (including phenoxy) is 1. The molecule has 1 aliphatic rings. The third kappa shape index (κ3) is 3.76. The first-order valence-corrected chi connectivity index (χ1v) is 9.62. The number of rotatable bonds is 5. The van der Waals surface area contributed by atoms with Crippen LogP contribution in [0.1, 0.15) is 37.8 Å². The molecule has 3 rings (SSSR count). The summed E-state index contributed by atoms with van der Waals surface area (Å²) in [6, 6.07) is 5.38. The maximum atomic E-state index is 9.67. The molecule has 0 bridgehead atoms. The number of nitrogens with zero attached hydrogens (tertiary/aromatic N) is 1. The SMILES string of the molecule is COc1cc(-c2nc(CSC3CCCCC3)cs2)ccc1O. The van der Waals surface area contributed by atoms with Gasteiger partial charge in [-0.2, -0.15) is 11.8 Å². The zero-order chi connectivity index (χ0) is 15.4. The fourth-order valence-electron chi connectivity index (χ4n) is 2.75. The molecule has 1 aliphatic carbocycles. The topological polar surface area (TPSA) is 42.4 Å². The van der Waals surface area contributed by atoms with Gasteiger partial charge in [0.1, 0.15) is 5.01 Å². The van der Waals surface area contributed by atoms with E-state index >= 15 is 0 Å². The summed E-state index contributed by atoms with van der Waals surface area (Å²) in [5.74, 6) is 1.65. The number of benzene rings is 1. The van der Waals surface area contributed by atoms with Gasteiger partial charge in [-0.25, -0.2) is 4.98 Å². The molecule has 5 heteroatoms. The summed E-state index contributed by atoms with van der Waals surface area (Å²) in [6.07, 6.45) is 6.88. The Morgan fingerprint density at radius 1 is 1.32 bits per heavy atom. The molecule has 1 N–H and O–H groups in total. The van der Waals surface area contributed by atoms with E-state index in [1.54, 1.807) is 24.5 Å². The van der Waals surface area contributed by atoms with E-state index in [-0.39, 0.29) is 5.75 Å². The Hall–Kier alpha value is -1.20. The molecule has 1 aromatic heterocycles. The lowest BCUT2D eigenvalue weighted by atomic mass is 10.0. The normalized spacial score (nSPS) is 15.9. The van der Waals surface area contributed by atoms with Gasteiger partial charge in [-0.15, -0.1) is 11.3 Å². The summed E-state index contributed by atoms with van der Waals surface area (Å²) in [6.45, 7) is 0. The molecule has 3 nitrogen and oxygen atoms in total. The number of phenolic OH excluding ortho intramolecular Hbond substituents is 1. The first-order chi connectivity index (χ1) is 10.8. The van der Waals surface area contributed by atoms with Crippen LogP contribution < -0.4 is 4.74 Å². The van der Waals surface area contributed by atoms with Crippen LogP contribution in [-0.4, -0.2) is 22.5 Å². The van der Waals surface area contributed by atoms with Crippen molar-refractivity contribution < 1.29 is 9.84 Å². The average molecular weight is 335 g/mol. The van der Waals surface area contributed by atoms with Crippen molar-refractivity contribution in [2.24, 2.45) is 0 Å². The van der Waals surface area contributed by atoms with E-state index in [2.05, 4.69) is 5.38 Å². The van der Waals surface area contributed by atoms with Gasteiger partial charge in [-0.05, 0) is 31.0 Å². The van der Waals surface area contributed by atoms with Crippen molar-refractivity contribution in [2.45, 2.75) is 43.1 Å². The van der Waals surface area contributed by atoms with E-state index in [1.165, 1.54) is 32.1 Å². The monoisotopic (exact) mass is 335 g/mol. The van der Waals surface area contributed by atoms with E-state index < -0.39 is 0 Å². The minimum atomic E-state index is 0.163. The third-order valence-corrected chi connectivity index (χ3v) is 6.34. The third-order valence-electron chi connectivity index (χ3n) is 4.00. The maximum absolute atomic E-state index is 9.67. The number of phenols is 1. The van der Waals surface area contributed by atoms with E-state index in [0.717, 1.165) is 27.3 Å². The molecule has 0 aliphatic heterocycles. The van der Waals surface area contributed by atoms with Crippen LogP contribution in [0.25, 0.3) is 10.6 Å². The highest BCUT2D eigenvalue weighted by Gasteiger charge is 2.15. The molecule has 0 saturated heterocycles. The molecule has 0 spiro atoms. The van der Waals surface area contributed by atoms with Crippen LogP contribution in [0.4, 0.5) is 0 Å². The van der Waals surface area contributed by atoms with Crippen molar-refractivity contribution in [2.75, 3.05) is 7.11 Å². The number of hydrogen-bond acceptors (Lipinski definition) is 5. The predicted octanol–water partition coefficient (Wildman–Crippen LogP) is 5.09. The molecule has 1 fully saturated rings. The molecule has 0 amide bonds. The van der Waals surface area contributed by atoms with Crippen LogP contribution in [-0.2, 0) is 5.75 Å². The van der Waals surface area contributed by atoms with Gasteiger partial charge in [-0.3, -0.25) is 0 Å². The van der Waals surface area contributed by atoms with Crippen molar-refractivity contribution in [3.8, 4) is 22.1 Å². The Morgan fingerprint density at radius 3 is 2.91 bits per heavy atom. The lowest BCUT2D eigenvalue weighted by molar-refractivity contribution is 0.373. The van der Waals surface area contributed by atoms with Crippen molar-refractivity contribution in [1.29, 1.82) is 0 Å². The van der Waals surface area contributed by atoms with Gasteiger partial charge in [0.2, 0.25) is 0 Å². The van der Waals surface area contributed by atoms with E-state index in [1.807, 2.05) is 23.9 Å². The fourth-order valence-corrected chi connectivity index (χ4v) is 4.89. The largest absolute Gasteiger partial charge is 0.504 e. The summed E-state index contributed by atoms with van der Waals surface area (Å²) < 4.78 is 5.16. The number of thiazole rings is 1. The van der Waals surface area contributed by atoms with Gasteiger partial charge in [0, 0.05) is 21.9 Å². The van der Waals surface area contributed by atoms with Crippen LogP contribution in [0.15, 0.2) is 23.6 Å². The Kier molecular flexibility index (Phi) is 5.26. The summed E-state index contributed by atoms with van der Waals surface area (Å²) >= 11 is 3.70. The Labute approximate surface area is 139 Å². The smallest absolute Gasteiger partial charge is 0.161 e. The van der Waals surface area contributed by atoms with Gasteiger partial charge < -0.3 is 9.84 Å². The molecular weight excluding hydrogens is 314 g/mol.